The molecule has 0 aliphatic heterocycles. The second-order valence-electron chi connectivity index (χ2n) is 19.3. The molecule has 0 aromatic rings. The normalized spacial score (nSPS) is 12.5. The summed E-state index contributed by atoms with van der Waals surface area (Å²) in [5, 5.41) is 0. The summed E-state index contributed by atoms with van der Waals surface area (Å²) in [6, 6.07) is 0. The van der Waals surface area contributed by atoms with Gasteiger partial charge in [0.05, 0.1) is 0 Å². The molecule has 0 amide bonds. The van der Waals surface area contributed by atoms with Gasteiger partial charge in [-0.15, -0.1) is 0 Å². The molecule has 67 heavy (non-hydrogen) atoms. The molecule has 0 aliphatic carbocycles. The van der Waals surface area contributed by atoms with Crippen molar-refractivity contribution in [2.75, 3.05) is 13.2 Å². The molecule has 0 spiro atoms. The Bertz CT molecular complexity index is 1210. The van der Waals surface area contributed by atoms with Crippen LogP contribution in [0.1, 0.15) is 290 Å². The van der Waals surface area contributed by atoms with Gasteiger partial charge in [0, 0.05) is 19.3 Å². The summed E-state index contributed by atoms with van der Waals surface area (Å²) in [6.45, 7) is 6.50. The zero-order chi connectivity index (χ0) is 48.6. The number of rotatable bonds is 52. The van der Waals surface area contributed by atoms with Gasteiger partial charge in [-0.1, -0.05) is 268 Å². The fourth-order valence-corrected chi connectivity index (χ4v) is 8.26. The maximum Gasteiger partial charge on any atom is 0.306 e. The van der Waals surface area contributed by atoms with E-state index in [0.29, 0.717) is 19.3 Å². The minimum absolute atomic E-state index is 0.0868. The van der Waals surface area contributed by atoms with E-state index in [1.807, 2.05) is 0 Å². The lowest BCUT2D eigenvalue weighted by molar-refractivity contribution is -0.167. The van der Waals surface area contributed by atoms with Crippen molar-refractivity contribution in [3.63, 3.8) is 0 Å². The first-order valence-electron chi connectivity index (χ1n) is 28.8. The third kappa shape index (κ3) is 53.9. The summed E-state index contributed by atoms with van der Waals surface area (Å²) in [5.41, 5.74) is 0. The summed E-state index contributed by atoms with van der Waals surface area (Å²) in [7, 11) is 0. The topological polar surface area (TPSA) is 78.9 Å². The molecule has 0 bridgehead atoms. The highest BCUT2D eigenvalue weighted by Crippen LogP contribution is 2.16. The molecule has 0 radical (unpaired) electrons. The first-order valence-corrected chi connectivity index (χ1v) is 28.8. The van der Waals surface area contributed by atoms with E-state index in [9.17, 15) is 14.4 Å². The van der Waals surface area contributed by atoms with Gasteiger partial charge in [0.2, 0.25) is 0 Å². The van der Waals surface area contributed by atoms with Crippen LogP contribution in [0, 0.1) is 0 Å². The molecule has 0 aliphatic rings. The average molecular weight is 938 g/mol. The van der Waals surface area contributed by atoms with Gasteiger partial charge in [-0.2, -0.15) is 0 Å². The van der Waals surface area contributed by atoms with Gasteiger partial charge < -0.3 is 14.2 Å². The van der Waals surface area contributed by atoms with Crippen LogP contribution in [0.4, 0.5) is 0 Å². The molecule has 0 fully saturated rings. The molecule has 6 heteroatoms. The van der Waals surface area contributed by atoms with Crippen LogP contribution in [0.3, 0.4) is 0 Å². The van der Waals surface area contributed by atoms with E-state index < -0.39 is 6.10 Å². The zero-order valence-electron chi connectivity index (χ0n) is 44.4. The van der Waals surface area contributed by atoms with Gasteiger partial charge in [0.25, 0.3) is 0 Å². The number of hydrogen-bond donors (Lipinski definition) is 0. The molecule has 0 rings (SSSR count). The van der Waals surface area contributed by atoms with E-state index in [0.717, 1.165) is 103 Å². The van der Waals surface area contributed by atoms with E-state index in [4.69, 9.17) is 14.2 Å². The molecular weight excluding hydrogens is 829 g/mol. The van der Waals surface area contributed by atoms with Crippen LogP contribution in [0.5, 0.6) is 0 Å². The maximum atomic E-state index is 12.9. The Hall–Kier alpha value is -2.89. The highest BCUT2D eigenvalue weighted by molar-refractivity contribution is 5.71. The van der Waals surface area contributed by atoms with Crippen molar-refractivity contribution in [1.29, 1.82) is 0 Å². The first kappa shape index (κ1) is 64.1. The highest BCUT2D eigenvalue weighted by atomic mass is 16.6. The van der Waals surface area contributed by atoms with E-state index in [1.165, 1.54) is 148 Å². The van der Waals surface area contributed by atoms with Crippen LogP contribution in [0.25, 0.3) is 0 Å². The smallest absolute Gasteiger partial charge is 0.306 e. The third-order valence-electron chi connectivity index (χ3n) is 12.6. The molecule has 1 unspecified atom stereocenters. The minimum Gasteiger partial charge on any atom is -0.462 e. The summed E-state index contributed by atoms with van der Waals surface area (Å²) in [5.74, 6) is -0.909. The van der Waals surface area contributed by atoms with Crippen LogP contribution < -0.4 is 0 Å². The summed E-state index contributed by atoms with van der Waals surface area (Å²) >= 11 is 0. The molecule has 0 N–H and O–H groups in total. The number of unbranched alkanes of at least 4 members (excludes halogenated alkanes) is 34. The van der Waals surface area contributed by atoms with Crippen LogP contribution in [0.15, 0.2) is 60.8 Å². The molecule has 0 saturated heterocycles. The minimum atomic E-state index is -0.787. The largest absolute Gasteiger partial charge is 0.462 e. The second-order valence-corrected chi connectivity index (χ2v) is 19.3. The molecule has 388 valence electrons. The Balaban J connectivity index is 4.38. The predicted octanol–water partition coefficient (Wildman–Crippen LogP) is 19.2. The molecule has 6 nitrogen and oxygen atoms in total. The Morgan fingerprint density at radius 2 is 0.582 bits per heavy atom. The van der Waals surface area contributed by atoms with Gasteiger partial charge in [-0.25, -0.2) is 0 Å². The van der Waals surface area contributed by atoms with Crippen molar-refractivity contribution in [3.8, 4) is 0 Å². The number of carbonyl (C=O) groups is 3. The quantitative estimate of drug-likeness (QED) is 0.0262. The molecule has 0 aromatic heterocycles. The van der Waals surface area contributed by atoms with Crippen LogP contribution in [-0.4, -0.2) is 37.2 Å². The predicted molar refractivity (Wildman–Crippen MR) is 288 cm³/mol. The van der Waals surface area contributed by atoms with Crippen LogP contribution in [0.2, 0.25) is 0 Å². The highest BCUT2D eigenvalue weighted by Gasteiger charge is 2.19. The van der Waals surface area contributed by atoms with Gasteiger partial charge in [-0.05, 0) is 64.2 Å². The number of carbonyl (C=O) groups excluding carboxylic acids is 3. The Morgan fingerprint density at radius 3 is 0.910 bits per heavy atom. The van der Waals surface area contributed by atoms with Crippen molar-refractivity contribution in [3.05, 3.63) is 60.8 Å². The Labute approximate surface area is 415 Å². The molecule has 1 atom stereocenters. The lowest BCUT2D eigenvalue weighted by atomic mass is 10.0. The average Bonchev–Trinajstić information content (AvgIpc) is 3.33. The van der Waals surface area contributed by atoms with Crippen molar-refractivity contribution in [2.45, 2.75) is 297 Å². The van der Waals surface area contributed by atoms with Gasteiger partial charge in [-0.3, -0.25) is 14.4 Å². The Kier molecular flexibility index (Phi) is 53.3. The first-order chi connectivity index (χ1) is 33.0. The van der Waals surface area contributed by atoms with Crippen molar-refractivity contribution in [2.24, 2.45) is 0 Å². The maximum absolute atomic E-state index is 12.9. The van der Waals surface area contributed by atoms with Crippen molar-refractivity contribution in [1.82, 2.24) is 0 Å². The van der Waals surface area contributed by atoms with Crippen LogP contribution in [-0.2, 0) is 28.6 Å². The van der Waals surface area contributed by atoms with Gasteiger partial charge in [0.15, 0.2) is 6.10 Å². The monoisotopic (exact) mass is 937 g/mol. The SMILES string of the molecule is CC/C=C/C=C/C=C/CCCCCCCC(=O)OCC(COC(=O)CCCCCCC/C=C/C=C/CCCCCCCCC)OC(=O)CCCCCCCCCCCCCCCCCCCC. The van der Waals surface area contributed by atoms with Crippen molar-refractivity contribution >= 4 is 17.9 Å². The fourth-order valence-electron chi connectivity index (χ4n) is 8.26. The Morgan fingerprint density at radius 1 is 0.313 bits per heavy atom. The summed E-state index contributed by atoms with van der Waals surface area (Å²) < 4.78 is 16.8. The number of allylic oxidation sites excluding steroid dienone is 10. The standard InChI is InChI=1S/C61H108O6/c1-4-7-10-13-16-19-22-25-27-29-31-33-36-39-42-45-48-51-54-60(63)66-57-58(56-65-59(62)53-50-47-44-41-38-35-24-21-18-15-12-9-6-3)67-61(64)55-52-49-46-43-40-37-34-32-30-28-26-23-20-17-14-11-8-5-2/h9,12,15,18,21,24,27,29,31,33,58H,4-8,10-11,13-14,16-17,19-20,22-23,25-26,28,30,32,34-57H2,1-3H3/b12-9+,18-15+,24-21+,29-27+,33-31+. The van der Waals surface area contributed by atoms with E-state index in [-0.39, 0.29) is 31.1 Å². The van der Waals surface area contributed by atoms with Crippen LogP contribution >= 0.6 is 0 Å². The summed E-state index contributed by atoms with van der Waals surface area (Å²) in [6.07, 6.45) is 69.3. The van der Waals surface area contributed by atoms with E-state index in [1.54, 1.807) is 0 Å². The third-order valence-corrected chi connectivity index (χ3v) is 12.6. The molecule has 0 saturated carbocycles. The number of hydrogen-bond acceptors (Lipinski definition) is 6. The number of ether oxygens (including phenoxy) is 3. The van der Waals surface area contributed by atoms with Crippen molar-refractivity contribution < 1.29 is 28.6 Å². The zero-order valence-corrected chi connectivity index (χ0v) is 44.4. The van der Waals surface area contributed by atoms with Gasteiger partial charge >= 0.3 is 17.9 Å². The second kappa shape index (κ2) is 55.7. The van der Waals surface area contributed by atoms with Gasteiger partial charge in [0.1, 0.15) is 13.2 Å². The molecule has 0 aromatic carbocycles. The lowest BCUT2D eigenvalue weighted by Gasteiger charge is -2.18. The van der Waals surface area contributed by atoms with E-state index in [2.05, 4.69) is 81.5 Å². The van der Waals surface area contributed by atoms with E-state index >= 15 is 0 Å². The molecule has 0 heterocycles. The summed E-state index contributed by atoms with van der Waals surface area (Å²) in [4.78, 5) is 38.1. The lowest BCUT2D eigenvalue weighted by Crippen LogP contribution is -2.30. The number of esters is 3. The fraction of sp³-hybridized carbons (Fsp3) is 0.787. The molecular formula is C61H108O6.